The number of phenolic OH excluding ortho intramolecular Hbond substituents is 2. The largest absolute Gasteiger partial charge is 0.506 e. The summed E-state index contributed by atoms with van der Waals surface area (Å²) in [7, 11) is 0. The van der Waals surface area contributed by atoms with Crippen molar-refractivity contribution < 1.29 is 15.0 Å². The average Bonchev–Trinajstić information content (AvgIpc) is 3.37. The third-order valence-electron chi connectivity index (χ3n) is 10.0. The Kier molecular flexibility index (Phi) is 17.2. The van der Waals surface area contributed by atoms with Crippen molar-refractivity contribution in [3.8, 4) is 11.5 Å². The van der Waals surface area contributed by atoms with Gasteiger partial charge in [-0.2, -0.15) is 0 Å². The smallest absolute Gasteiger partial charge is 0.255 e. The highest BCUT2D eigenvalue weighted by atomic mass is 16.3. The fourth-order valence-electron chi connectivity index (χ4n) is 6.85. The standard InChI is InChI=1S/C44H60N4O3.C2H6/c1-9-13-14-22-47(12-4)43-41(49)27-38(28-42(43)50)45-44(51)37-17-15-16-35(25-37)24-36-18-19-40-39(26-36)33(7)34(8)48(40)30-32(6)29-46(21-10-2)23-20-31(5)11-3;1-2/h12,14-19,22,25-28,31-32,49-50H,4,9-11,13,20-21,23-24,29-30H2,1-3,5-8H3,(H,45,51);1-2H3/b22-14-;. The maximum absolute atomic E-state index is 13.3. The number of hydrogen-bond donors (Lipinski definition) is 3. The van der Waals surface area contributed by atoms with Crippen molar-refractivity contribution in [2.24, 2.45) is 11.8 Å². The van der Waals surface area contributed by atoms with E-state index in [1.54, 1.807) is 17.2 Å². The molecule has 3 aromatic carbocycles. The van der Waals surface area contributed by atoms with Gasteiger partial charge >= 0.3 is 0 Å². The van der Waals surface area contributed by atoms with Gasteiger partial charge in [-0.1, -0.05) is 92.2 Å². The van der Waals surface area contributed by atoms with E-state index in [4.69, 9.17) is 0 Å². The molecule has 0 spiro atoms. The van der Waals surface area contributed by atoms with Gasteiger partial charge in [-0.15, -0.1) is 0 Å². The highest BCUT2D eigenvalue weighted by Gasteiger charge is 2.18. The number of carbonyl (C=O) groups is 1. The number of unbranched alkanes of at least 4 members (excludes halogenated alkanes) is 1. The number of aryl methyl sites for hydroxylation is 1. The summed E-state index contributed by atoms with van der Waals surface area (Å²) < 4.78 is 2.50. The maximum atomic E-state index is 13.3. The van der Waals surface area contributed by atoms with E-state index in [0.29, 0.717) is 23.6 Å². The van der Waals surface area contributed by atoms with Gasteiger partial charge in [0.15, 0.2) is 0 Å². The highest BCUT2D eigenvalue weighted by Crippen LogP contribution is 2.40. The second-order valence-electron chi connectivity index (χ2n) is 14.3. The fourth-order valence-corrected chi connectivity index (χ4v) is 6.85. The van der Waals surface area contributed by atoms with E-state index in [0.717, 1.165) is 44.0 Å². The molecule has 3 N–H and O–H groups in total. The summed E-state index contributed by atoms with van der Waals surface area (Å²) in [5, 5.41) is 25.6. The van der Waals surface area contributed by atoms with E-state index >= 15 is 0 Å². The van der Waals surface area contributed by atoms with E-state index in [1.165, 1.54) is 71.9 Å². The van der Waals surface area contributed by atoms with Crippen LogP contribution in [0.4, 0.5) is 11.4 Å². The van der Waals surface area contributed by atoms with Crippen LogP contribution in [0.5, 0.6) is 11.5 Å². The van der Waals surface area contributed by atoms with Crippen LogP contribution in [0.3, 0.4) is 0 Å². The van der Waals surface area contributed by atoms with Crippen LogP contribution < -0.4 is 10.2 Å². The highest BCUT2D eigenvalue weighted by molar-refractivity contribution is 6.05. The molecule has 0 bridgehead atoms. The number of nitrogens with zero attached hydrogens (tertiary/aromatic N) is 3. The average molecular weight is 723 g/mol. The van der Waals surface area contributed by atoms with Crippen molar-refractivity contribution in [1.82, 2.24) is 9.47 Å². The molecule has 0 aliphatic carbocycles. The lowest BCUT2D eigenvalue weighted by molar-refractivity contribution is 0.102. The van der Waals surface area contributed by atoms with Crippen LogP contribution in [-0.4, -0.2) is 45.2 Å². The summed E-state index contributed by atoms with van der Waals surface area (Å²) >= 11 is 0. The number of anilines is 2. The van der Waals surface area contributed by atoms with E-state index in [-0.39, 0.29) is 23.1 Å². The Balaban J connectivity index is 0.00000372. The summed E-state index contributed by atoms with van der Waals surface area (Å²) in [4.78, 5) is 17.5. The lowest BCUT2D eigenvalue weighted by Crippen LogP contribution is -2.32. The van der Waals surface area contributed by atoms with Gasteiger partial charge < -0.3 is 29.9 Å². The Morgan fingerprint density at radius 1 is 0.925 bits per heavy atom. The topological polar surface area (TPSA) is 81.0 Å². The van der Waals surface area contributed by atoms with Crippen LogP contribution in [0.1, 0.15) is 113 Å². The van der Waals surface area contributed by atoms with Crippen molar-refractivity contribution in [2.45, 2.75) is 107 Å². The molecule has 0 aliphatic heterocycles. The second-order valence-corrected chi connectivity index (χ2v) is 14.3. The first-order valence-electron chi connectivity index (χ1n) is 19.8. The number of aromatic hydroxyl groups is 2. The number of nitrogens with one attached hydrogen (secondary N) is 1. The first kappa shape index (κ1) is 42.9. The van der Waals surface area contributed by atoms with Gasteiger partial charge in [0.05, 0.1) is 0 Å². The van der Waals surface area contributed by atoms with Crippen LogP contribution in [0.2, 0.25) is 0 Å². The molecule has 0 saturated carbocycles. The molecule has 0 aliphatic rings. The first-order valence-corrected chi connectivity index (χ1v) is 19.8. The van der Waals surface area contributed by atoms with Crippen molar-refractivity contribution in [1.29, 1.82) is 0 Å². The molecule has 2 unspecified atom stereocenters. The van der Waals surface area contributed by atoms with Crippen LogP contribution in [0.15, 0.2) is 79.7 Å². The lowest BCUT2D eigenvalue weighted by Gasteiger charge is -2.27. The molecule has 1 aromatic heterocycles. The summed E-state index contributed by atoms with van der Waals surface area (Å²) in [6, 6.07) is 17.2. The molecule has 0 fully saturated rings. The van der Waals surface area contributed by atoms with Crippen LogP contribution in [0, 0.1) is 25.7 Å². The number of amides is 1. The van der Waals surface area contributed by atoms with Gasteiger partial charge in [-0.3, -0.25) is 4.79 Å². The lowest BCUT2D eigenvalue weighted by atomic mass is 10.0. The van der Waals surface area contributed by atoms with Crippen molar-refractivity contribution in [3.05, 3.63) is 108 Å². The van der Waals surface area contributed by atoms with Crippen LogP contribution in [-0.2, 0) is 13.0 Å². The SMILES string of the molecule is C=CN(/C=C\CCC)c1c(O)cc(NC(=O)c2cccc(Cc3ccc4c(c3)c(C)c(C)n4CC(C)CN(CCC)CCC(C)CC)c2)cc1O.CC. The number of allylic oxidation sites excluding steroid dienone is 1. The second kappa shape index (κ2) is 21.3. The zero-order valence-electron chi connectivity index (χ0n) is 34.0. The fraction of sp³-hybridized carbons (Fsp3) is 0.457. The molecule has 1 heterocycles. The predicted molar refractivity (Wildman–Crippen MR) is 226 cm³/mol. The van der Waals surface area contributed by atoms with Gasteiger partial charge in [0.25, 0.3) is 5.91 Å². The number of hydrogen-bond acceptors (Lipinski definition) is 5. The van der Waals surface area contributed by atoms with Gasteiger partial charge in [0.2, 0.25) is 0 Å². The molecule has 7 nitrogen and oxygen atoms in total. The van der Waals surface area contributed by atoms with Crippen LogP contribution in [0.25, 0.3) is 10.9 Å². The molecule has 0 radical (unpaired) electrons. The summed E-state index contributed by atoms with van der Waals surface area (Å²) in [5.74, 6) is 0.654. The third kappa shape index (κ3) is 11.8. The van der Waals surface area contributed by atoms with E-state index in [1.807, 2.05) is 38.1 Å². The Morgan fingerprint density at radius 3 is 2.26 bits per heavy atom. The Morgan fingerprint density at radius 2 is 1.62 bits per heavy atom. The minimum Gasteiger partial charge on any atom is -0.506 e. The van der Waals surface area contributed by atoms with Crippen molar-refractivity contribution >= 4 is 28.2 Å². The molecule has 7 heteroatoms. The number of benzene rings is 3. The quantitative estimate of drug-likeness (QED) is 0.0898. The van der Waals surface area contributed by atoms with Crippen LogP contribution >= 0.6 is 0 Å². The van der Waals surface area contributed by atoms with E-state index in [2.05, 4.69) is 88.0 Å². The van der Waals surface area contributed by atoms with Gasteiger partial charge in [0, 0.05) is 65.5 Å². The zero-order chi connectivity index (χ0) is 39.1. The molecular formula is C46H66N4O3. The zero-order valence-corrected chi connectivity index (χ0v) is 34.0. The number of fused-ring (bicyclic) bond motifs is 1. The summed E-state index contributed by atoms with van der Waals surface area (Å²) in [6.45, 7) is 28.1. The summed E-state index contributed by atoms with van der Waals surface area (Å²) in [5.41, 5.74) is 7.14. The molecule has 53 heavy (non-hydrogen) atoms. The Hall–Kier alpha value is -4.49. The van der Waals surface area contributed by atoms with Crippen molar-refractivity contribution in [3.63, 3.8) is 0 Å². The van der Waals surface area contributed by atoms with Gasteiger partial charge in [-0.05, 0) is 105 Å². The molecule has 4 rings (SSSR count). The van der Waals surface area contributed by atoms with Gasteiger partial charge in [-0.25, -0.2) is 0 Å². The minimum absolute atomic E-state index is 0.167. The number of rotatable bonds is 19. The predicted octanol–water partition coefficient (Wildman–Crippen LogP) is 11.6. The molecule has 2 atom stereocenters. The molecule has 1 amide bonds. The molecule has 4 aromatic rings. The van der Waals surface area contributed by atoms with E-state index in [9.17, 15) is 15.0 Å². The molecular weight excluding hydrogens is 657 g/mol. The Bertz CT molecular complexity index is 1780. The third-order valence-corrected chi connectivity index (χ3v) is 10.0. The summed E-state index contributed by atoms with van der Waals surface area (Å²) in [6.07, 6.45) is 11.4. The van der Waals surface area contributed by atoms with E-state index < -0.39 is 0 Å². The maximum Gasteiger partial charge on any atom is 0.255 e. The minimum atomic E-state index is -0.322. The Labute approximate surface area is 320 Å². The number of phenols is 2. The first-order chi connectivity index (χ1) is 25.5. The monoisotopic (exact) mass is 723 g/mol. The normalized spacial score (nSPS) is 12.5. The number of carbonyl (C=O) groups excluding carboxylic acids is 1. The molecule has 288 valence electrons. The molecule has 0 saturated heterocycles. The number of aromatic nitrogens is 1. The van der Waals surface area contributed by atoms with Gasteiger partial charge in [0.1, 0.15) is 17.2 Å². The van der Waals surface area contributed by atoms with Crippen molar-refractivity contribution in [2.75, 3.05) is 29.9 Å².